The summed E-state index contributed by atoms with van der Waals surface area (Å²) in [6.45, 7) is 2.33. The molecule has 0 atom stereocenters. The van der Waals surface area contributed by atoms with E-state index in [1.54, 1.807) is 35.2 Å². The lowest BCUT2D eigenvalue weighted by Crippen LogP contribution is -2.49. The SMILES string of the molecule is O=C(/C=C/c1ccc(Cl)cc1)Nc1ccc(N2CCN(C(=O)c3ccccc3F)CC2)cc1. The van der Waals surface area contributed by atoms with E-state index >= 15 is 0 Å². The zero-order chi connectivity index (χ0) is 23.2. The van der Waals surface area contributed by atoms with Crippen molar-refractivity contribution in [3.05, 3.63) is 101 Å². The number of benzene rings is 3. The largest absolute Gasteiger partial charge is 0.368 e. The number of carbonyl (C=O) groups is 2. The van der Waals surface area contributed by atoms with E-state index in [2.05, 4.69) is 10.2 Å². The van der Waals surface area contributed by atoms with Crippen LogP contribution in [0.2, 0.25) is 5.02 Å². The van der Waals surface area contributed by atoms with E-state index in [0.29, 0.717) is 36.9 Å². The molecule has 0 aromatic heterocycles. The molecule has 0 bridgehead atoms. The normalized spacial score (nSPS) is 13.9. The van der Waals surface area contributed by atoms with Crippen molar-refractivity contribution in [1.82, 2.24) is 4.90 Å². The van der Waals surface area contributed by atoms with E-state index < -0.39 is 5.82 Å². The van der Waals surface area contributed by atoms with Gasteiger partial charge in [0.2, 0.25) is 5.91 Å². The van der Waals surface area contributed by atoms with Crippen LogP contribution in [0.1, 0.15) is 15.9 Å². The minimum absolute atomic E-state index is 0.108. The fourth-order valence-corrected chi connectivity index (χ4v) is 3.78. The van der Waals surface area contributed by atoms with Gasteiger partial charge in [-0.15, -0.1) is 0 Å². The summed E-state index contributed by atoms with van der Waals surface area (Å²) in [5, 5.41) is 3.49. The van der Waals surface area contributed by atoms with Crippen LogP contribution in [-0.2, 0) is 4.79 Å². The molecular formula is C26H23ClFN3O2. The number of nitrogens with zero attached hydrogens (tertiary/aromatic N) is 2. The van der Waals surface area contributed by atoms with Crippen LogP contribution in [-0.4, -0.2) is 42.9 Å². The zero-order valence-electron chi connectivity index (χ0n) is 17.9. The summed E-state index contributed by atoms with van der Waals surface area (Å²) in [7, 11) is 0. The number of piperazine rings is 1. The average molecular weight is 464 g/mol. The van der Waals surface area contributed by atoms with Gasteiger partial charge >= 0.3 is 0 Å². The van der Waals surface area contributed by atoms with Crippen LogP contribution in [0.3, 0.4) is 0 Å². The molecular weight excluding hydrogens is 441 g/mol. The van der Waals surface area contributed by atoms with Crippen molar-refractivity contribution in [3.63, 3.8) is 0 Å². The second-order valence-electron chi connectivity index (χ2n) is 7.68. The van der Waals surface area contributed by atoms with Gasteiger partial charge < -0.3 is 15.1 Å². The molecule has 1 aliphatic heterocycles. The van der Waals surface area contributed by atoms with Gasteiger partial charge in [0, 0.05) is 48.7 Å². The Bertz CT molecular complexity index is 1150. The summed E-state index contributed by atoms with van der Waals surface area (Å²) in [6, 6.07) is 20.8. The molecule has 3 aromatic rings. The maximum absolute atomic E-state index is 13.9. The number of anilines is 2. The second kappa shape index (κ2) is 10.3. The Morgan fingerprint density at radius 2 is 1.55 bits per heavy atom. The Morgan fingerprint density at radius 3 is 2.21 bits per heavy atom. The van der Waals surface area contributed by atoms with E-state index in [1.165, 1.54) is 18.2 Å². The summed E-state index contributed by atoms with van der Waals surface area (Å²) in [5.74, 6) is -0.999. The molecule has 0 saturated carbocycles. The molecule has 1 aliphatic rings. The van der Waals surface area contributed by atoms with Crippen LogP contribution in [0.4, 0.5) is 15.8 Å². The predicted molar refractivity (Wildman–Crippen MR) is 130 cm³/mol. The Morgan fingerprint density at radius 1 is 0.879 bits per heavy atom. The van der Waals surface area contributed by atoms with Crippen LogP contribution in [0.15, 0.2) is 78.9 Å². The maximum atomic E-state index is 13.9. The first-order valence-corrected chi connectivity index (χ1v) is 11.0. The second-order valence-corrected chi connectivity index (χ2v) is 8.12. The molecule has 0 unspecified atom stereocenters. The number of hydrogen-bond acceptors (Lipinski definition) is 3. The van der Waals surface area contributed by atoms with E-state index in [9.17, 15) is 14.0 Å². The third-order valence-electron chi connectivity index (χ3n) is 5.47. The van der Waals surface area contributed by atoms with Crippen LogP contribution in [0.25, 0.3) is 6.08 Å². The molecule has 0 aliphatic carbocycles. The van der Waals surface area contributed by atoms with E-state index in [4.69, 9.17) is 11.6 Å². The third kappa shape index (κ3) is 5.79. The van der Waals surface area contributed by atoms with E-state index in [-0.39, 0.29) is 17.4 Å². The van der Waals surface area contributed by atoms with Crippen molar-refractivity contribution in [3.8, 4) is 0 Å². The number of carbonyl (C=O) groups excluding carboxylic acids is 2. The molecule has 7 heteroatoms. The fourth-order valence-electron chi connectivity index (χ4n) is 3.66. The van der Waals surface area contributed by atoms with Crippen molar-refractivity contribution >= 4 is 40.9 Å². The summed E-state index contributed by atoms with van der Waals surface area (Å²) < 4.78 is 13.9. The number of halogens is 2. The van der Waals surface area contributed by atoms with Crippen molar-refractivity contribution in [2.75, 3.05) is 36.4 Å². The Balaban J connectivity index is 1.30. The summed E-state index contributed by atoms with van der Waals surface area (Å²) >= 11 is 5.86. The van der Waals surface area contributed by atoms with Gasteiger partial charge in [0.05, 0.1) is 5.56 Å². The molecule has 1 saturated heterocycles. The van der Waals surface area contributed by atoms with Gasteiger partial charge in [0.15, 0.2) is 0 Å². The molecule has 5 nitrogen and oxygen atoms in total. The standard InChI is InChI=1S/C26H23ClFN3O2/c27-20-8-5-19(6-9-20)7-14-25(32)29-21-10-12-22(13-11-21)30-15-17-31(18-16-30)26(33)23-3-1-2-4-24(23)28/h1-14H,15-18H2,(H,29,32)/b14-7+. The highest BCUT2D eigenvalue weighted by Crippen LogP contribution is 2.21. The minimum atomic E-state index is -0.495. The number of amides is 2. The quantitative estimate of drug-likeness (QED) is 0.536. The molecule has 3 aromatic carbocycles. The lowest BCUT2D eigenvalue weighted by molar-refractivity contribution is -0.111. The Kier molecular flexibility index (Phi) is 7.05. The summed E-state index contributed by atoms with van der Waals surface area (Å²) in [5.41, 5.74) is 2.69. The summed E-state index contributed by atoms with van der Waals surface area (Å²) in [6.07, 6.45) is 3.20. The molecule has 168 valence electrons. The number of rotatable bonds is 5. The summed E-state index contributed by atoms with van der Waals surface area (Å²) in [4.78, 5) is 28.6. The van der Waals surface area contributed by atoms with Crippen molar-refractivity contribution in [2.45, 2.75) is 0 Å². The topological polar surface area (TPSA) is 52.7 Å². The molecule has 0 spiro atoms. The van der Waals surface area contributed by atoms with Crippen LogP contribution in [0, 0.1) is 5.82 Å². The lowest BCUT2D eigenvalue weighted by atomic mass is 10.1. The predicted octanol–water partition coefficient (Wildman–Crippen LogP) is 5.09. The average Bonchev–Trinajstić information content (AvgIpc) is 2.84. The smallest absolute Gasteiger partial charge is 0.256 e. The Hall–Kier alpha value is -3.64. The molecule has 4 rings (SSSR count). The van der Waals surface area contributed by atoms with Gasteiger partial charge in [-0.25, -0.2) is 4.39 Å². The molecule has 2 amide bonds. The molecule has 1 heterocycles. The highest BCUT2D eigenvalue weighted by Gasteiger charge is 2.24. The number of hydrogen-bond donors (Lipinski definition) is 1. The van der Waals surface area contributed by atoms with Crippen molar-refractivity contribution in [1.29, 1.82) is 0 Å². The van der Waals surface area contributed by atoms with Gasteiger partial charge in [0.1, 0.15) is 5.82 Å². The highest BCUT2D eigenvalue weighted by molar-refractivity contribution is 6.30. The zero-order valence-corrected chi connectivity index (χ0v) is 18.6. The first kappa shape index (κ1) is 22.6. The van der Waals surface area contributed by atoms with E-state index in [0.717, 1.165) is 11.3 Å². The first-order valence-electron chi connectivity index (χ1n) is 10.6. The maximum Gasteiger partial charge on any atom is 0.256 e. The third-order valence-corrected chi connectivity index (χ3v) is 5.72. The lowest BCUT2D eigenvalue weighted by Gasteiger charge is -2.36. The van der Waals surface area contributed by atoms with Gasteiger partial charge in [-0.05, 0) is 60.2 Å². The molecule has 1 fully saturated rings. The Labute approximate surface area is 197 Å². The van der Waals surface area contributed by atoms with Gasteiger partial charge in [-0.2, -0.15) is 0 Å². The number of nitrogens with one attached hydrogen (secondary N) is 1. The van der Waals surface area contributed by atoms with Gasteiger partial charge in [0.25, 0.3) is 5.91 Å². The van der Waals surface area contributed by atoms with Gasteiger partial charge in [-0.1, -0.05) is 35.9 Å². The first-order chi connectivity index (χ1) is 16.0. The molecule has 33 heavy (non-hydrogen) atoms. The van der Waals surface area contributed by atoms with Crippen molar-refractivity contribution in [2.24, 2.45) is 0 Å². The fraction of sp³-hybridized carbons (Fsp3) is 0.154. The van der Waals surface area contributed by atoms with Gasteiger partial charge in [-0.3, -0.25) is 9.59 Å². The molecule has 1 N–H and O–H groups in total. The highest BCUT2D eigenvalue weighted by atomic mass is 35.5. The van der Waals surface area contributed by atoms with Crippen LogP contribution < -0.4 is 10.2 Å². The van der Waals surface area contributed by atoms with Crippen LogP contribution in [0.5, 0.6) is 0 Å². The van der Waals surface area contributed by atoms with Crippen LogP contribution >= 0.6 is 11.6 Å². The monoisotopic (exact) mass is 463 g/mol. The minimum Gasteiger partial charge on any atom is -0.368 e. The van der Waals surface area contributed by atoms with E-state index in [1.807, 2.05) is 36.4 Å². The van der Waals surface area contributed by atoms with Crippen molar-refractivity contribution < 1.29 is 14.0 Å². The molecule has 0 radical (unpaired) electrons.